The van der Waals surface area contributed by atoms with E-state index in [0.29, 0.717) is 6.42 Å². The number of nitrogens with two attached hydrogens (primary N) is 2. The smallest absolute Gasteiger partial charge is 0.243 e. The van der Waals surface area contributed by atoms with Gasteiger partial charge in [0.1, 0.15) is 5.82 Å². The van der Waals surface area contributed by atoms with Gasteiger partial charge < -0.3 is 11.5 Å². The molecular formula is C12H16FN3O3S. The number of carbonyl (C=O) groups excluding carboxylic acids is 1. The van der Waals surface area contributed by atoms with Crippen LogP contribution >= 0.6 is 0 Å². The Kier molecular flexibility index (Phi) is 3.47. The predicted octanol–water partition coefficient (Wildman–Crippen LogP) is 0.294. The lowest BCUT2D eigenvalue weighted by Crippen LogP contribution is -2.38. The number of amides is 1. The zero-order valence-corrected chi connectivity index (χ0v) is 11.8. The molecule has 1 heterocycles. The van der Waals surface area contributed by atoms with Gasteiger partial charge in [0, 0.05) is 18.8 Å². The van der Waals surface area contributed by atoms with E-state index in [1.165, 1.54) is 6.07 Å². The Labute approximate surface area is 116 Å². The standard InChI is InChI=1S/C12H16FN3O3S/c1-12(11(15)17)2-3-16(7-12)20(18,19)10-5-8(13)4-9(14)6-10/h4-6H,2-3,7,14H2,1H3,(H2,15,17). The number of halogens is 1. The van der Waals surface area contributed by atoms with Gasteiger partial charge in [-0.3, -0.25) is 4.79 Å². The van der Waals surface area contributed by atoms with E-state index in [1.54, 1.807) is 6.92 Å². The van der Waals surface area contributed by atoms with E-state index < -0.39 is 27.2 Å². The first-order valence-corrected chi connectivity index (χ1v) is 7.45. The fourth-order valence-electron chi connectivity index (χ4n) is 2.21. The van der Waals surface area contributed by atoms with Crippen LogP contribution in [0.4, 0.5) is 10.1 Å². The van der Waals surface area contributed by atoms with Crippen molar-refractivity contribution in [1.82, 2.24) is 4.31 Å². The van der Waals surface area contributed by atoms with Gasteiger partial charge in [0.15, 0.2) is 0 Å². The maximum absolute atomic E-state index is 13.3. The van der Waals surface area contributed by atoms with Crippen LogP contribution in [0.25, 0.3) is 0 Å². The van der Waals surface area contributed by atoms with Crippen molar-refractivity contribution in [1.29, 1.82) is 0 Å². The Morgan fingerprint density at radius 1 is 1.40 bits per heavy atom. The van der Waals surface area contributed by atoms with Gasteiger partial charge >= 0.3 is 0 Å². The molecule has 1 unspecified atom stereocenters. The quantitative estimate of drug-likeness (QED) is 0.783. The van der Waals surface area contributed by atoms with Crippen LogP contribution in [-0.2, 0) is 14.8 Å². The Hall–Kier alpha value is -1.67. The molecule has 0 spiro atoms. The highest BCUT2D eigenvalue weighted by molar-refractivity contribution is 7.89. The summed E-state index contributed by atoms with van der Waals surface area (Å²) in [4.78, 5) is 11.1. The van der Waals surface area contributed by atoms with E-state index in [1.807, 2.05) is 0 Å². The van der Waals surface area contributed by atoms with Gasteiger partial charge in [-0.1, -0.05) is 0 Å². The normalized spacial score (nSPS) is 23.9. The van der Waals surface area contributed by atoms with Crippen LogP contribution in [0.3, 0.4) is 0 Å². The lowest BCUT2D eigenvalue weighted by atomic mass is 9.89. The summed E-state index contributed by atoms with van der Waals surface area (Å²) in [5, 5.41) is 0. The van der Waals surface area contributed by atoms with Crippen molar-refractivity contribution in [2.45, 2.75) is 18.2 Å². The van der Waals surface area contributed by atoms with Crippen LogP contribution in [0.2, 0.25) is 0 Å². The van der Waals surface area contributed by atoms with Gasteiger partial charge in [0.05, 0.1) is 10.3 Å². The highest BCUT2D eigenvalue weighted by atomic mass is 32.2. The summed E-state index contributed by atoms with van der Waals surface area (Å²) in [5.41, 5.74) is 9.87. The number of nitrogen functional groups attached to an aromatic ring is 1. The van der Waals surface area contributed by atoms with Crippen molar-refractivity contribution in [2.24, 2.45) is 11.1 Å². The zero-order chi connectivity index (χ0) is 15.1. The number of rotatable bonds is 3. The van der Waals surface area contributed by atoms with Gasteiger partial charge in [0.2, 0.25) is 15.9 Å². The Morgan fingerprint density at radius 2 is 2.05 bits per heavy atom. The molecule has 1 aliphatic heterocycles. The maximum Gasteiger partial charge on any atom is 0.243 e. The first kappa shape index (κ1) is 14.7. The van der Waals surface area contributed by atoms with Crippen LogP contribution in [0.1, 0.15) is 13.3 Å². The molecule has 8 heteroatoms. The maximum atomic E-state index is 13.3. The van der Waals surface area contributed by atoms with E-state index >= 15 is 0 Å². The molecule has 0 aliphatic carbocycles. The monoisotopic (exact) mass is 301 g/mol. The van der Waals surface area contributed by atoms with Crippen molar-refractivity contribution in [3.8, 4) is 0 Å². The first-order chi connectivity index (χ1) is 9.15. The van der Waals surface area contributed by atoms with Gasteiger partial charge in [-0.15, -0.1) is 0 Å². The molecular weight excluding hydrogens is 285 g/mol. The van der Waals surface area contributed by atoms with Crippen LogP contribution in [0.5, 0.6) is 0 Å². The summed E-state index contributed by atoms with van der Waals surface area (Å²) in [6.45, 7) is 1.77. The number of hydrogen-bond donors (Lipinski definition) is 2. The molecule has 1 aromatic rings. The molecule has 1 fully saturated rings. The van der Waals surface area contributed by atoms with Crippen molar-refractivity contribution < 1.29 is 17.6 Å². The summed E-state index contributed by atoms with van der Waals surface area (Å²) in [7, 11) is -3.88. The minimum absolute atomic E-state index is 0.0128. The fraction of sp³-hybridized carbons (Fsp3) is 0.417. The molecule has 0 bridgehead atoms. The molecule has 6 nitrogen and oxygen atoms in total. The fourth-order valence-corrected chi connectivity index (χ4v) is 3.84. The molecule has 0 aromatic heterocycles. The number of hydrogen-bond acceptors (Lipinski definition) is 4. The number of anilines is 1. The minimum Gasteiger partial charge on any atom is -0.399 e. The highest BCUT2D eigenvalue weighted by Gasteiger charge is 2.43. The molecule has 0 saturated carbocycles. The van der Waals surface area contributed by atoms with Crippen LogP contribution in [-0.4, -0.2) is 31.7 Å². The first-order valence-electron chi connectivity index (χ1n) is 6.01. The summed E-state index contributed by atoms with van der Waals surface area (Å²) in [6, 6.07) is 3.14. The number of carbonyl (C=O) groups is 1. The lowest BCUT2D eigenvalue weighted by Gasteiger charge is -2.21. The summed E-state index contributed by atoms with van der Waals surface area (Å²) < 4.78 is 39.2. The van der Waals surface area contributed by atoms with Crippen molar-refractivity contribution in [3.05, 3.63) is 24.0 Å². The molecule has 1 saturated heterocycles. The topological polar surface area (TPSA) is 106 Å². The van der Waals surface area contributed by atoms with E-state index in [2.05, 4.69) is 0 Å². The second-order valence-electron chi connectivity index (χ2n) is 5.23. The molecule has 0 radical (unpaired) electrons. The van der Waals surface area contributed by atoms with Gasteiger partial charge in [0.25, 0.3) is 0 Å². The zero-order valence-electron chi connectivity index (χ0n) is 11.0. The van der Waals surface area contributed by atoms with Gasteiger partial charge in [-0.05, 0) is 31.5 Å². The van der Waals surface area contributed by atoms with Crippen molar-refractivity contribution in [3.63, 3.8) is 0 Å². The number of benzene rings is 1. The molecule has 1 aromatic carbocycles. The highest BCUT2D eigenvalue weighted by Crippen LogP contribution is 2.33. The second-order valence-corrected chi connectivity index (χ2v) is 7.17. The lowest BCUT2D eigenvalue weighted by molar-refractivity contribution is -0.126. The largest absolute Gasteiger partial charge is 0.399 e. The third-order valence-corrected chi connectivity index (χ3v) is 5.39. The third-order valence-electron chi connectivity index (χ3n) is 3.56. The average Bonchev–Trinajstić information content (AvgIpc) is 2.73. The Balaban J connectivity index is 2.35. The Morgan fingerprint density at radius 3 is 2.55 bits per heavy atom. The minimum atomic E-state index is -3.88. The summed E-state index contributed by atoms with van der Waals surface area (Å²) in [6.07, 6.45) is 0.340. The average molecular weight is 301 g/mol. The van der Waals surface area contributed by atoms with Crippen LogP contribution in [0.15, 0.2) is 23.1 Å². The van der Waals surface area contributed by atoms with Crippen LogP contribution < -0.4 is 11.5 Å². The van der Waals surface area contributed by atoms with E-state index in [9.17, 15) is 17.6 Å². The van der Waals surface area contributed by atoms with E-state index in [4.69, 9.17) is 11.5 Å². The summed E-state index contributed by atoms with van der Waals surface area (Å²) >= 11 is 0. The van der Waals surface area contributed by atoms with E-state index in [0.717, 1.165) is 16.4 Å². The number of sulfonamides is 1. The van der Waals surface area contributed by atoms with Crippen LogP contribution in [0, 0.1) is 11.2 Å². The van der Waals surface area contributed by atoms with E-state index in [-0.39, 0.29) is 23.7 Å². The number of nitrogens with zero attached hydrogens (tertiary/aromatic N) is 1. The Bertz CT molecular complexity index is 642. The van der Waals surface area contributed by atoms with Crippen molar-refractivity contribution in [2.75, 3.05) is 18.8 Å². The molecule has 2 rings (SSSR count). The van der Waals surface area contributed by atoms with Gasteiger partial charge in [-0.25, -0.2) is 12.8 Å². The predicted molar refractivity (Wildman–Crippen MR) is 71.5 cm³/mol. The molecule has 110 valence electrons. The SMILES string of the molecule is CC1(C(N)=O)CCN(S(=O)(=O)c2cc(N)cc(F)c2)C1. The van der Waals surface area contributed by atoms with Crippen molar-refractivity contribution >= 4 is 21.6 Å². The molecule has 1 atom stereocenters. The second kappa shape index (κ2) is 4.71. The molecule has 4 N–H and O–H groups in total. The number of primary amides is 1. The third kappa shape index (κ3) is 2.48. The summed E-state index contributed by atoms with van der Waals surface area (Å²) in [5.74, 6) is -1.27. The molecule has 1 aliphatic rings. The van der Waals surface area contributed by atoms with Gasteiger partial charge in [-0.2, -0.15) is 4.31 Å². The molecule has 1 amide bonds. The molecule has 20 heavy (non-hydrogen) atoms.